The lowest BCUT2D eigenvalue weighted by molar-refractivity contribution is 0.0680. The van der Waals surface area contributed by atoms with Crippen LogP contribution in [0.5, 0.6) is 0 Å². The Hall–Kier alpha value is -1.12. The highest BCUT2D eigenvalue weighted by Crippen LogP contribution is 2.25. The Balaban J connectivity index is 1.69. The highest BCUT2D eigenvalue weighted by atomic mass is 16.5. The van der Waals surface area contributed by atoms with E-state index in [1.54, 1.807) is 0 Å². The number of nitrogens with one attached hydrogen (secondary N) is 1. The summed E-state index contributed by atoms with van der Waals surface area (Å²) in [5.41, 5.74) is 2.62. The summed E-state index contributed by atoms with van der Waals surface area (Å²) in [7, 11) is 0. The lowest BCUT2D eigenvalue weighted by atomic mass is 9.85. The molecule has 116 valence electrons. The molecule has 1 aromatic carbocycles. The van der Waals surface area contributed by atoms with Crippen LogP contribution in [0.3, 0.4) is 0 Å². The second-order valence-electron chi connectivity index (χ2n) is 6.19. The van der Waals surface area contributed by atoms with Gasteiger partial charge in [-0.2, -0.15) is 0 Å². The molecule has 21 heavy (non-hydrogen) atoms. The molecule has 1 aromatic rings. The molecule has 2 heteroatoms. The number of ether oxygens (including phenoxy) is 1. The number of hydrogen-bond donors (Lipinski definition) is 1. The highest BCUT2D eigenvalue weighted by molar-refractivity contribution is 5.21. The first kappa shape index (κ1) is 16.3. The van der Waals surface area contributed by atoms with Crippen LogP contribution in [0, 0.1) is 11.8 Å². The van der Waals surface area contributed by atoms with E-state index in [9.17, 15) is 0 Å². The summed E-state index contributed by atoms with van der Waals surface area (Å²) < 4.78 is 5.92. The normalized spacial score (nSPS) is 21.6. The van der Waals surface area contributed by atoms with E-state index in [0.29, 0.717) is 5.92 Å². The molecule has 0 saturated heterocycles. The van der Waals surface area contributed by atoms with Gasteiger partial charge in [-0.25, -0.2) is 0 Å². The molecule has 0 bridgehead atoms. The predicted molar refractivity (Wildman–Crippen MR) is 89.1 cm³/mol. The second kappa shape index (κ2) is 9.01. The first-order valence-electron chi connectivity index (χ1n) is 8.31. The molecule has 0 amide bonds. The Morgan fingerprint density at radius 1 is 1.10 bits per heavy atom. The van der Waals surface area contributed by atoms with E-state index in [-0.39, 0.29) is 0 Å². The molecule has 2 atom stereocenters. The third-order valence-corrected chi connectivity index (χ3v) is 4.30. The number of allylic oxidation sites excluding steroid dienone is 2. The summed E-state index contributed by atoms with van der Waals surface area (Å²) in [5.74, 6) is 1.44. The molecule has 2 rings (SSSR count). The standard InChI is InChI=1S/C19H29NO/c1-3-12-20-13-17-8-10-18(11-9-17)14-21-15-19-7-5-4-6-16(19)2/h4-5,8-11,16,19-20H,3,6-7,12-15H2,1-2H3. The molecule has 2 unspecified atom stereocenters. The van der Waals surface area contributed by atoms with E-state index < -0.39 is 0 Å². The Labute approximate surface area is 129 Å². The smallest absolute Gasteiger partial charge is 0.0717 e. The summed E-state index contributed by atoms with van der Waals surface area (Å²) in [4.78, 5) is 0. The van der Waals surface area contributed by atoms with E-state index in [0.717, 1.165) is 32.2 Å². The molecule has 1 N–H and O–H groups in total. The van der Waals surface area contributed by atoms with E-state index >= 15 is 0 Å². The van der Waals surface area contributed by atoms with Gasteiger partial charge < -0.3 is 10.1 Å². The van der Waals surface area contributed by atoms with Gasteiger partial charge in [0.1, 0.15) is 0 Å². The van der Waals surface area contributed by atoms with Crippen molar-refractivity contribution in [2.24, 2.45) is 11.8 Å². The average molecular weight is 287 g/mol. The van der Waals surface area contributed by atoms with E-state index in [2.05, 4.69) is 55.6 Å². The fourth-order valence-corrected chi connectivity index (χ4v) is 2.73. The Bertz CT molecular complexity index is 424. The first-order valence-corrected chi connectivity index (χ1v) is 8.31. The molecule has 0 aromatic heterocycles. The maximum atomic E-state index is 5.92. The SMILES string of the molecule is CCCNCc1ccc(COCC2CC=CCC2C)cc1. The van der Waals surface area contributed by atoms with Crippen molar-refractivity contribution >= 4 is 0 Å². The predicted octanol–water partition coefficient (Wildman–Crippen LogP) is 4.31. The van der Waals surface area contributed by atoms with Crippen molar-refractivity contribution < 1.29 is 4.74 Å². The van der Waals surface area contributed by atoms with Gasteiger partial charge in [0.15, 0.2) is 0 Å². The number of benzene rings is 1. The van der Waals surface area contributed by atoms with Crippen molar-refractivity contribution in [1.82, 2.24) is 5.32 Å². The Morgan fingerprint density at radius 3 is 2.52 bits per heavy atom. The largest absolute Gasteiger partial charge is 0.376 e. The molecular weight excluding hydrogens is 258 g/mol. The Morgan fingerprint density at radius 2 is 1.81 bits per heavy atom. The quantitative estimate of drug-likeness (QED) is 0.568. The maximum absolute atomic E-state index is 5.92. The van der Waals surface area contributed by atoms with Crippen LogP contribution in [-0.4, -0.2) is 13.2 Å². The second-order valence-corrected chi connectivity index (χ2v) is 6.19. The van der Waals surface area contributed by atoms with Crippen molar-refractivity contribution in [3.63, 3.8) is 0 Å². The summed E-state index contributed by atoms with van der Waals surface area (Å²) in [6.45, 7) is 8.17. The highest BCUT2D eigenvalue weighted by Gasteiger charge is 2.18. The minimum absolute atomic E-state index is 0.688. The molecule has 0 heterocycles. The van der Waals surface area contributed by atoms with Crippen molar-refractivity contribution in [3.8, 4) is 0 Å². The van der Waals surface area contributed by atoms with Crippen LogP contribution in [0.4, 0.5) is 0 Å². The molecule has 0 fully saturated rings. The Kier molecular flexibility index (Phi) is 6.98. The summed E-state index contributed by atoms with van der Waals surface area (Å²) in [6, 6.07) is 8.78. The molecule has 0 saturated carbocycles. The van der Waals surface area contributed by atoms with Crippen LogP contribution in [-0.2, 0) is 17.9 Å². The van der Waals surface area contributed by atoms with Crippen LogP contribution in [0.1, 0.15) is 44.2 Å². The van der Waals surface area contributed by atoms with Gasteiger partial charge in [0.2, 0.25) is 0 Å². The average Bonchev–Trinajstić information content (AvgIpc) is 2.51. The van der Waals surface area contributed by atoms with E-state index in [1.807, 2.05) is 0 Å². The van der Waals surface area contributed by atoms with Gasteiger partial charge in [0, 0.05) is 6.54 Å². The zero-order chi connectivity index (χ0) is 14.9. The summed E-state index contributed by atoms with van der Waals surface area (Å²) in [6.07, 6.45) is 8.15. The van der Waals surface area contributed by atoms with Gasteiger partial charge in [0.05, 0.1) is 13.2 Å². The zero-order valence-electron chi connectivity index (χ0n) is 13.5. The fourth-order valence-electron chi connectivity index (χ4n) is 2.73. The monoisotopic (exact) mass is 287 g/mol. The van der Waals surface area contributed by atoms with Crippen molar-refractivity contribution in [1.29, 1.82) is 0 Å². The van der Waals surface area contributed by atoms with Gasteiger partial charge >= 0.3 is 0 Å². The van der Waals surface area contributed by atoms with Crippen LogP contribution in [0.2, 0.25) is 0 Å². The van der Waals surface area contributed by atoms with Crippen LogP contribution >= 0.6 is 0 Å². The van der Waals surface area contributed by atoms with Crippen LogP contribution < -0.4 is 5.32 Å². The lowest BCUT2D eigenvalue weighted by Gasteiger charge is -2.24. The third kappa shape index (κ3) is 5.64. The van der Waals surface area contributed by atoms with Gasteiger partial charge in [-0.3, -0.25) is 0 Å². The minimum Gasteiger partial charge on any atom is -0.376 e. The maximum Gasteiger partial charge on any atom is 0.0717 e. The fraction of sp³-hybridized carbons (Fsp3) is 0.579. The van der Waals surface area contributed by atoms with Crippen molar-refractivity contribution in [2.75, 3.05) is 13.2 Å². The summed E-state index contributed by atoms with van der Waals surface area (Å²) in [5, 5.41) is 3.42. The topological polar surface area (TPSA) is 21.3 Å². The zero-order valence-corrected chi connectivity index (χ0v) is 13.5. The number of hydrogen-bond acceptors (Lipinski definition) is 2. The third-order valence-electron chi connectivity index (χ3n) is 4.30. The van der Waals surface area contributed by atoms with Crippen molar-refractivity contribution in [3.05, 3.63) is 47.5 Å². The lowest BCUT2D eigenvalue weighted by Crippen LogP contribution is -2.19. The summed E-state index contributed by atoms with van der Waals surface area (Å²) >= 11 is 0. The molecule has 0 aliphatic heterocycles. The van der Waals surface area contributed by atoms with Gasteiger partial charge in [-0.15, -0.1) is 0 Å². The molecule has 2 nitrogen and oxygen atoms in total. The van der Waals surface area contributed by atoms with Gasteiger partial charge in [-0.1, -0.05) is 50.3 Å². The molecule has 0 radical (unpaired) electrons. The van der Waals surface area contributed by atoms with E-state index in [1.165, 1.54) is 30.4 Å². The van der Waals surface area contributed by atoms with Crippen LogP contribution in [0.25, 0.3) is 0 Å². The molecule has 0 spiro atoms. The number of rotatable bonds is 8. The molecule has 1 aliphatic carbocycles. The first-order chi connectivity index (χ1) is 10.3. The van der Waals surface area contributed by atoms with E-state index in [4.69, 9.17) is 4.74 Å². The van der Waals surface area contributed by atoms with Gasteiger partial charge in [-0.05, 0) is 48.8 Å². The molecular formula is C19H29NO. The minimum atomic E-state index is 0.688. The van der Waals surface area contributed by atoms with Gasteiger partial charge in [0.25, 0.3) is 0 Å². The van der Waals surface area contributed by atoms with Crippen LogP contribution in [0.15, 0.2) is 36.4 Å². The van der Waals surface area contributed by atoms with Crippen molar-refractivity contribution in [2.45, 2.75) is 46.3 Å². The molecule has 1 aliphatic rings.